The number of carbonyl (C=O) groups is 3. The number of ether oxygens (including phenoxy) is 2. The Morgan fingerprint density at radius 2 is 1.66 bits per heavy atom. The molecule has 0 aliphatic carbocycles. The molecule has 1 N–H and O–H groups in total. The second kappa shape index (κ2) is 9.60. The Bertz CT molecular complexity index is 1280. The number of hydrogen-bond acceptors (Lipinski definition) is 6. The van der Waals surface area contributed by atoms with Crippen LogP contribution in [-0.4, -0.2) is 50.6 Å². The van der Waals surface area contributed by atoms with Gasteiger partial charge in [0, 0.05) is 18.7 Å². The normalized spacial score (nSPS) is 15.2. The van der Waals surface area contributed by atoms with Gasteiger partial charge in [0.15, 0.2) is 0 Å². The van der Waals surface area contributed by atoms with Gasteiger partial charge in [-0.15, -0.1) is 0 Å². The number of fused-ring (bicyclic) bond motifs is 1. The first-order chi connectivity index (χ1) is 17.1. The molecular formula is C27H25N3O5. The molecule has 0 aromatic heterocycles. The number of rotatable bonds is 6. The van der Waals surface area contributed by atoms with Crippen molar-refractivity contribution in [3.63, 3.8) is 0 Å². The number of amides is 3. The van der Waals surface area contributed by atoms with E-state index in [2.05, 4.69) is 10.2 Å². The smallest absolute Gasteiger partial charge is 0.266 e. The molecule has 0 unspecified atom stereocenters. The van der Waals surface area contributed by atoms with E-state index in [1.807, 2.05) is 31.2 Å². The summed E-state index contributed by atoms with van der Waals surface area (Å²) in [6.45, 7) is 5.15. The van der Waals surface area contributed by atoms with Crippen LogP contribution in [0.2, 0.25) is 0 Å². The van der Waals surface area contributed by atoms with Gasteiger partial charge in [0.2, 0.25) is 0 Å². The number of imide groups is 1. The molecule has 178 valence electrons. The van der Waals surface area contributed by atoms with Gasteiger partial charge in [-0.05, 0) is 61.5 Å². The van der Waals surface area contributed by atoms with Crippen LogP contribution in [0.1, 0.15) is 38.0 Å². The van der Waals surface area contributed by atoms with E-state index in [1.54, 1.807) is 30.3 Å². The largest absolute Gasteiger partial charge is 0.494 e. The van der Waals surface area contributed by atoms with Crippen LogP contribution in [0, 0.1) is 0 Å². The molecule has 2 heterocycles. The van der Waals surface area contributed by atoms with Crippen molar-refractivity contribution < 1.29 is 23.9 Å². The van der Waals surface area contributed by atoms with Crippen molar-refractivity contribution in [2.75, 3.05) is 48.0 Å². The Balaban J connectivity index is 1.37. The summed E-state index contributed by atoms with van der Waals surface area (Å²) in [6, 6.07) is 18.9. The topological polar surface area (TPSA) is 88.2 Å². The highest BCUT2D eigenvalue weighted by atomic mass is 16.5. The molecule has 2 aliphatic rings. The molecule has 1 fully saturated rings. The Hall–Kier alpha value is -4.17. The predicted molar refractivity (Wildman–Crippen MR) is 133 cm³/mol. The Kier molecular flexibility index (Phi) is 6.20. The first-order valence-electron chi connectivity index (χ1n) is 11.6. The SMILES string of the molecule is CCOc1ccc(N2C(=O)c3ccc(C(=O)Nc4ccccc4N4CCOCC4)cc3C2=O)cc1. The minimum absolute atomic E-state index is 0.206. The van der Waals surface area contributed by atoms with Crippen LogP contribution < -0.4 is 19.9 Å². The first-order valence-corrected chi connectivity index (χ1v) is 11.6. The standard InChI is InChI=1S/C27H25N3O5/c1-2-35-20-10-8-19(9-11-20)30-26(32)21-12-7-18(17-22(21)27(30)33)25(31)28-23-5-3-4-6-24(23)29-13-15-34-16-14-29/h3-12,17H,2,13-16H2,1H3,(H,28,31). The minimum atomic E-state index is -0.461. The second-order valence-corrected chi connectivity index (χ2v) is 8.20. The maximum Gasteiger partial charge on any atom is 0.266 e. The van der Waals surface area contributed by atoms with Crippen molar-refractivity contribution in [1.29, 1.82) is 0 Å². The number of anilines is 3. The lowest BCUT2D eigenvalue weighted by atomic mass is 10.1. The van der Waals surface area contributed by atoms with E-state index < -0.39 is 11.8 Å². The van der Waals surface area contributed by atoms with Crippen molar-refractivity contribution in [2.45, 2.75) is 6.92 Å². The monoisotopic (exact) mass is 471 g/mol. The second-order valence-electron chi connectivity index (χ2n) is 8.20. The number of para-hydroxylation sites is 2. The zero-order chi connectivity index (χ0) is 24.4. The van der Waals surface area contributed by atoms with E-state index in [9.17, 15) is 14.4 Å². The Morgan fingerprint density at radius 3 is 2.40 bits per heavy atom. The molecule has 0 bridgehead atoms. The molecule has 8 nitrogen and oxygen atoms in total. The fraction of sp³-hybridized carbons (Fsp3) is 0.222. The van der Waals surface area contributed by atoms with E-state index in [0.717, 1.165) is 23.7 Å². The molecule has 3 amide bonds. The van der Waals surface area contributed by atoms with E-state index in [-0.39, 0.29) is 17.0 Å². The summed E-state index contributed by atoms with van der Waals surface area (Å²) in [5, 5.41) is 2.96. The van der Waals surface area contributed by atoms with E-state index in [1.165, 1.54) is 12.1 Å². The molecule has 35 heavy (non-hydrogen) atoms. The van der Waals surface area contributed by atoms with Crippen LogP contribution >= 0.6 is 0 Å². The highest BCUT2D eigenvalue weighted by Gasteiger charge is 2.37. The van der Waals surface area contributed by atoms with Crippen LogP contribution in [0.25, 0.3) is 0 Å². The Morgan fingerprint density at radius 1 is 0.943 bits per heavy atom. The van der Waals surface area contributed by atoms with Crippen molar-refractivity contribution in [1.82, 2.24) is 0 Å². The third-order valence-corrected chi connectivity index (χ3v) is 6.06. The maximum atomic E-state index is 13.1. The van der Waals surface area contributed by atoms with Gasteiger partial charge < -0.3 is 19.7 Å². The summed E-state index contributed by atoms with van der Waals surface area (Å²) < 4.78 is 10.9. The van der Waals surface area contributed by atoms with Crippen LogP contribution in [0.15, 0.2) is 66.7 Å². The van der Waals surface area contributed by atoms with E-state index in [0.29, 0.717) is 42.5 Å². The van der Waals surface area contributed by atoms with Crippen molar-refractivity contribution in [3.8, 4) is 5.75 Å². The first kappa shape index (κ1) is 22.6. The fourth-order valence-electron chi connectivity index (χ4n) is 4.33. The lowest BCUT2D eigenvalue weighted by Crippen LogP contribution is -2.36. The van der Waals surface area contributed by atoms with Crippen LogP contribution in [0.5, 0.6) is 5.75 Å². The van der Waals surface area contributed by atoms with Gasteiger partial charge in [0.05, 0.1) is 48.0 Å². The summed E-state index contributed by atoms with van der Waals surface area (Å²) >= 11 is 0. The quantitative estimate of drug-likeness (QED) is 0.548. The fourth-order valence-corrected chi connectivity index (χ4v) is 4.33. The number of nitrogens with zero attached hydrogens (tertiary/aromatic N) is 2. The summed E-state index contributed by atoms with van der Waals surface area (Å²) in [6.07, 6.45) is 0. The third kappa shape index (κ3) is 4.36. The van der Waals surface area contributed by atoms with Gasteiger partial charge in [0.1, 0.15) is 5.75 Å². The number of nitrogens with one attached hydrogen (secondary N) is 1. The molecular weight excluding hydrogens is 446 g/mol. The van der Waals surface area contributed by atoms with Gasteiger partial charge in [-0.3, -0.25) is 14.4 Å². The average Bonchev–Trinajstić information content (AvgIpc) is 3.15. The lowest BCUT2D eigenvalue weighted by Gasteiger charge is -2.30. The van der Waals surface area contributed by atoms with Crippen LogP contribution in [0.4, 0.5) is 17.1 Å². The molecule has 1 saturated heterocycles. The van der Waals surface area contributed by atoms with Gasteiger partial charge in [-0.2, -0.15) is 0 Å². The van der Waals surface area contributed by atoms with Gasteiger partial charge in [0.25, 0.3) is 17.7 Å². The van der Waals surface area contributed by atoms with Crippen molar-refractivity contribution >= 4 is 34.8 Å². The van der Waals surface area contributed by atoms with Crippen LogP contribution in [-0.2, 0) is 4.74 Å². The zero-order valence-electron chi connectivity index (χ0n) is 19.3. The average molecular weight is 472 g/mol. The van der Waals surface area contributed by atoms with Gasteiger partial charge in [-0.1, -0.05) is 12.1 Å². The van der Waals surface area contributed by atoms with E-state index >= 15 is 0 Å². The third-order valence-electron chi connectivity index (χ3n) is 6.06. The summed E-state index contributed by atoms with van der Waals surface area (Å²) in [7, 11) is 0. The molecule has 8 heteroatoms. The van der Waals surface area contributed by atoms with Gasteiger partial charge >= 0.3 is 0 Å². The number of benzene rings is 3. The molecule has 5 rings (SSSR count). The van der Waals surface area contributed by atoms with Gasteiger partial charge in [-0.25, -0.2) is 4.90 Å². The minimum Gasteiger partial charge on any atom is -0.494 e. The van der Waals surface area contributed by atoms with Crippen LogP contribution in [0.3, 0.4) is 0 Å². The highest BCUT2D eigenvalue weighted by Crippen LogP contribution is 2.31. The molecule has 0 radical (unpaired) electrons. The summed E-state index contributed by atoms with van der Waals surface area (Å²) in [5.74, 6) is -0.575. The van der Waals surface area contributed by atoms with Crippen molar-refractivity contribution in [2.24, 2.45) is 0 Å². The molecule has 0 atom stereocenters. The Labute approximate surface area is 203 Å². The summed E-state index contributed by atoms with van der Waals surface area (Å²) in [5.41, 5.74) is 2.82. The maximum absolute atomic E-state index is 13.1. The highest BCUT2D eigenvalue weighted by molar-refractivity contribution is 6.34. The molecule has 0 saturated carbocycles. The number of carbonyl (C=O) groups excluding carboxylic acids is 3. The van der Waals surface area contributed by atoms with Crippen molar-refractivity contribution in [3.05, 3.63) is 83.4 Å². The summed E-state index contributed by atoms with van der Waals surface area (Å²) in [4.78, 5) is 42.5. The number of hydrogen-bond donors (Lipinski definition) is 1. The lowest BCUT2D eigenvalue weighted by molar-refractivity contribution is 0.0925. The molecule has 3 aromatic rings. The molecule has 2 aliphatic heterocycles. The van der Waals surface area contributed by atoms with E-state index in [4.69, 9.17) is 9.47 Å². The molecule has 0 spiro atoms. The predicted octanol–water partition coefficient (Wildman–Crippen LogP) is 3.97. The zero-order valence-corrected chi connectivity index (χ0v) is 19.3. The molecule has 3 aromatic carbocycles. The number of morpholine rings is 1.